The summed E-state index contributed by atoms with van der Waals surface area (Å²) in [6.07, 6.45) is 0.805. The monoisotopic (exact) mass is 352 g/mol. The second-order valence-electron chi connectivity index (χ2n) is 5.91. The van der Waals surface area contributed by atoms with Crippen LogP contribution in [0.5, 0.6) is 0 Å². The fraction of sp³-hybridized carbons (Fsp3) is 0.375. The Kier molecular flexibility index (Phi) is 3.57. The van der Waals surface area contributed by atoms with Crippen LogP contribution < -0.4 is 5.56 Å². The summed E-state index contributed by atoms with van der Waals surface area (Å²) in [5, 5.41) is 4.43. The van der Waals surface area contributed by atoms with Crippen molar-refractivity contribution in [3.8, 4) is 10.4 Å². The van der Waals surface area contributed by atoms with Gasteiger partial charge in [0.1, 0.15) is 10.7 Å². The highest BCUT2D eigenvalue weighted by Gasteiger charge is 2.38. The molecule has 0 spiro atoms. The first kappa shape index (κ1) is 15.0. The summed E-state index contributed by atoms with van der Waals surface area (Å²) in [7, 11) is 0. The van der Waals surface area contributed by atoms with Crippen LogP contribution in [0.1, 0.15) is 37.4 Å². The molecule has 0 amide bonds. The molecule has 1 N–H and O–H groups in total. The molecular weight excluding hydrogens is 338 g/mol. The Morgan fingerprint density at radius 1 is 1.35 bits per heavy atom. The van der Waals surface area contributed by atoms with E-state index in [0.29, 0.717) is 28.9 Å². The van der Waals surface area contributed by atoms with Gasteiger partial charge in [-0.15, -0.1) is 22.7 Å². The summed E-state index contributed by atoms with van der Waals surface area (Å²) in [6, 6.07) is 3.89. The number of hydrogen-bond donors (Lipinski definition) is 1. The van der Waals surface area contributed by atoms with Crippen LogP contribution in [0, 0.1) is 0 Å². The lowest BCUT2D eigenvalue weighted by molar-refractivity contribution is -0.0417. The number of nitrogens with zero attached hydrogens (tertiary/aromatic N) is 1. The highest BCUT2D eigenvalue weighted by atomic mass is 32.1. The zero-order chi connectivity index (χ0) is 16.0. The molecule has 0 bridgehead atoms. The largest absolute Gasteiger partial charge is 0.310 e. The molecule has 4 rings (SSSR count). The molecule has 0 radical (unpaired) electrons. The van der Waals surface area contributed by atoms with Crippen molar-refractivity contribution in [1.82, 2.24) is 9.97 Å². The van der Waals surface area contributed by atoms with Gasteiger partial charge in [-0.2, -0.15) is 0 Å². The SMILES string of the molecule is O=c1[nH]c([C@H]2CCCC(F)(F)C2)nc2scc(-c3cccs3)c12. The Hall–Kier alpha value is -1.60. The molecule has 0 saturated heterocycles. The first-order valence-corrected chi connectivity index (χ1v) is 9.22. The Morgan fingerprint density at radius 3 is 2.96 bits per heavy atom. The van der Waals surface area contributed by atoms with E-state index in [1.165, 1.54) is 11.3 Å². The maximum atomic E-state index is 13.6. The summed E-state index contributed by atoms with van der Waals surface area (Å²) in [5.74, 6) is -2.63. The number of aromatic amines is 1. The number of alkyl halides is 2. The van der Waals surface area contributed by atoms with Gasteiger partial charge in [0.25, 0.3) is 5.56 Å². The van der Waals surface area contributed by atoms with Gasteiger partial charge in [-0.1, -0.05) is 6.07 Å². The van der Waals surface area contributed by atoms with Crippen LogP contribution in [-0.4, -0.2) is 15.9 Å². The van der Waals surface area contributed by atoms with Gasteiger partial charge in [0.05, 0.1) is 5.39 Å². The van der Waals surface area contributed by atoms with E-state index in [9.17, 15) is 13.6 Å². The standard InChI is InChI=1S/C16H14F2N2OS2/c17-16(18)5-1-3-9(7-16)13-19-14(21)12-10(8-23-15(12)20-13)11-4-2-6-22-11/h2,4,6,8-9H,1,3,5,7H2,(H,19,20,21)/t9-/m0/s1. The lowest BCUT2D eigenvalue weighted by Gasteiger charge is -2.28. The molecular formula is C16H14F2N2OS2. The molecule has 0 aliphatic heterocycles. The highest BCUT2D eigenvalue weighted by Crippen LogP contribution is 2.41. The Balaban J connectivity index is 1.79. The van der Waals surface area contributed by atoms with E-state index in [-0.39, 0.29) is 24.3 Å². The van der Waals surface area contributed by atoms with Crippen LogP contribution in [0.25, 0.3) is 20.7 Å². The van der Waals surface area contributed by atoms with Crippen molar-refractivity contribution in [1.29, 1.82) is 0 Å². The number of rotatable bonds is 2. The molecule has 1 saturated carbocycles. The predicted molar refractivity (Wildman–Crippen MR) is 89.7 cm³/mol. The molecule has 7 heteroatoms. The molecule has 3 aromatic rings. The third-order valence-corrected chi connectivity index (χ3v) is 6.05. The summed E-state index contributed by atoms with van der Waals surface area (Å²) < 4.78 is 27.3. The minimum Gasteiger partial charge on any atom is -0.310 e. The van der Waals surface area contributed by atoms with Gasteiger partial charge in [0, 0.05) is 34.6 Å². The van der Waals surface area contributed by atoms with Gasteiger partial charge in [-0.05, 0) is 24.3 Å². The zero-order valence-electron chi connectivity index (χ0n) is 12.1. The number of H-pyrrole nitrogens is 1. The topological polar surface area (TPSA) is 45.8 Å². The van der Waals surface area contributed by atoms with Crippen molar-refractivity contribution in [3.05, 3.63) is 39.1 Å². The van der Waals surface area contributed by atoms with E-state index in [0.717, 1.165) is 10.4 Å². The lowest BCUT2D eigenvalue weighted by Crippen LogP contribution is -2.27. The minimum absolute atomic E-state index is 0.0719. The normalized spacial score (nSPS) is 20.9. The number of halogens is 2. The summed E-state index contributed by atoms with van der Waals surface area (Å²) >= 11 is 2.96. The Labute approximate surface area is 139 Å². The summed E-state index contributed by atoms with van der Waals surface area (Å²) in [4.78, 5) is 21.4. The van der Waals surface area contributed by atoms with E-state index in [1.54, 1.807) is 11.3 Å². The molecule has 1 atom stereocenters. The number of aromatic nitrogens is 2. The van der Waals surface area contributed by atoms with Crippen LogP contribution in [0.15, 0.2) is 27.7 Å². The van der Waals surface area contributed by atoms with Crippen molar-refractivity contribution in [2.24, 2.45) is 0 Å². The van der Waals surface area contributed by atoms with Gasteiger partial charge in [0.15, 0.2) is 0 Å². The number of nitrogens with one attached hydrogen (secondary N) is 1. The zero-order valence-corrected chi connectivity index (χ0v) is 13.8. The molecule has 1 aliphatic carbocycles. The van der Waals surface area contributed by atoms with Gasteiger partial charge in [0.2, 0.25) is 5.92 Å². The molecule has 0 aromatic carbocycles. The fourth-order valence-corrected chi connectivity index (χ4v) is 4.95. The minimum atomic E-state index is -2.66. The second-order valence-corrected chi connectivity index (χ2v) is 7.71. The number of fused-ring (bicyclic) bond motifs is 1. The van der Waals surface area contributed by atoms with Crippen molar-refractivity contribution in [3.63, 3.8) is 0 Å². The van der Waals surface area contributed by atoms with E-state index in [1.807, 2.05) is 22.9 Å². The predicted octanol–water partition coefficient (Wildman–Crippen LogP) is 5.01. The molecule has 3 aromatic heterocycles. The molecule has 3 heterocycles. The summed E-state index contributed by atoms with van der Waals surface area (Å²) in [6.45, 7) is 0. The van der Waals surface area contributed by atoms with Gasteiger partial charge >= 0.3 is 0 Å². The molecule has 23 heavy (non-hydrogen) atoms. The van der Waals surface area contributed by atoms with Gasteiger partial charge in [-0.25, -0.2) is 13.8 Å². The number of hydrogen-bond acceptors (Lipinski definition) is 4. The van der Waals surface area contributed by atoms with E-state index in [2.05, 4.69) is 9.97 Å². The molecule has 1 fully saturated rings. The lowest BCUT2D eigenvalue weighted by atomic mass is 9.86. The quantitative estimate of drug-likeness (QED) is 0.705. The third-order valence-electron chi connectivity index (χ3n) is 4.28. The van der Waals surface area contributed by atoms with Crippen molar-refractivity contribution >= 4 is 32.9 Å². The van der Waals surface area contributed by atoms with Crippen LogP contribution >= 0.6 is 22.7 Å². The van der Waals surface area contributed by atoms with E-state index in [4.69, 9.17) is 0 Å². The highest BCUT2D eigenvalue weighted by molar-refractivity contribution is 7.18. The summed E-state index contributed by atoms with van der Waals surface area (Å²) in [5.41, 5.74) is 0.637. The average Bonchev–Trinajstić information content (AvgIpc) is 3.14. The first-order valence-electron chi connectivity index (χ1n) is 7.47. The second kappa shape index (κ2) is 5.49. The maximum Gasteiger partial charge on any atom is 0.260 e. The Bertz CT molecular complexity index is 899. The van der Waals surface area contributed by atoms with Gasteiger partial charge in [-0.3, -0.25) is 4.79 Å². The van der Waals surface area contributed by atoms with Crippen LogP contribution in [-0.2, 0) is 0 Å². The van der Waals surface area contributed by atoms with Crippen LogP contribution in [0.2, 0.25) is 0 Å². The van der Waals surface area contributed by atoms with Crippen molar-refractivity contribution < 1.29 is 8.78 Å². The molecule has 0 unspecified atom stereocenters. The van der Waals surface area contributed by atoms with Gasteiger partial charge < -0.3 is 4.98 Å². The van der Waals surface area contributed by atoms with E-state index >= 15 is 0 Å². The van der Waals surface area contributed by atoms with Crippen LogP contribution in [0.4, 0.5) is 8.78 Å². The fourth-order valence-electron chi connectivity index (χ4n) is 3.18. The molecule has 1 aliphatic rings. The Morgan fingerprint density at radius 2 is 2.22 bits per heavy atom. The van der Waals surface area contributed by atoms with Crippen molar-refractivity contribution in [2.75, 3.05) is 0 Å². The number of thiophene rings is 2. The van der Waals surface area contributed by atoms with E-state index < -0.39 is 5.92 Å². The van der Waals surface area contributed by atoms with Crippen molar-refractivity contribution in [2.45, 2.75) is 37.5 Å². The average molecular weight is 352 g/mol. The first-order chi connectivity index (χ1) is 11.0. The van der Waals surface area contributed by atoms with Crippen LogP contribution in [0.3, 0.4) is 0 Å². The molecule has 120 valence electrons. The third kappa shape index (κ3) is 2.72. The maximum absolute atomic E-state index is 13.6. The molecule has 3 nitrogen and oxygen atoms in total. The smallest absolute Gasteiger partial charge is 0.260 e.